The van der Waals surface area contributed by atoms with Crippen LogP contribution in [0.4, 0.5) is 0 Å². The Hall–Kier alpha value is -1.18. The summed E-state index contributed by atoms with van der Waals surface area (Å²) >= 11 is 0. The van der Waals surface area contributed by atoms with Crippen LogP contribution in [0.2, 0.25) is 0 Å². The fourth-order valence-electron chi connectivity index (χ4n) is 3.84. The van der Waals surface area contributed by atoms with Gasteiger partial charge in [0.05, 0.1) is 13.2 Å². The molecule has 2 saturated heterocycles. The smallest absolute Gasteiger partial charge is 0.234 e. The van der Waals surface area contributed by atoms with Crippen LogP contribution in [0.3, 0.4) is 0 Å². The van der Waals surface area contributed by atoms with Crippen LogP contribution in [0.25, 0.3) is 0 Å². The summed E-state index contributed by atoms with van der Waals surface area (Å²) in [5.41, 5.74) is 0. The lowest BCUT2D eigenvalue weighted by molar-refractivity contribution is -0.131. The second-order valence-corrected chi connectivity index (χ2v) is 7.20. The van der Waals surface area contributed by atoms with Gasteiger partial charge < -0.3 is 15.0 Å². The van der Waals surface area contributed by atoms with Gasteiger partial charge in [-0.2, -0.15) is 0 Å². The fraction of sp³-hybridized carbons (Fsp3) is 0.882. The second kappa shape index (κ2) is 8.78. The number of nitrogens with one attached hydrogen (secondary N) is 1. The molecule has 3 atom stereocenters. The molecule has 7 nitrogen and oxygen atoms in total. The highest BCUT2D eigenvalue weighted by atomic mass is 16.5. The van der Waals surface area contributed by atoms with E-state index in [-0.39, 0.29) is 17.9 Å². The number of nitrogens with zero attached hydrogens (tertiary/aromatic N) is 3. The normalized spacial score (nSPS) is 27.2. The Morgan fingerprint density at radius 3 is 2.46 bits per heavy atom. The van der Waals surface area contributed by atoms with Crippen molar-refractivity contribution in [3.63, 3.8) is 0 Å². The summed E-state index contributed by atoms with van der Waals surface area (Å²) in [4.78, 5) is 30.2. The van der Waals surface area contributed by atoms with E-state index in [2.05, 4.69) is 22.0 Å². The van der Waals surface area contributed by atoms with Crippen LogP contribution >= 0.6 is 0 Å². The third-order valence-electron chi connectivity index (χ3n) is 5.07. The SMILES string of the molecule is COC[C@H](C)NC(=O)CN1C[C@@H](C)[C@H](N2CCN(C(C)=O)CC2)C1. The molecule has 0 radical (unpaired) electrons. The lowest BCUT2D eigenvalue weighted by Gasteiger charge is -2.39. The molecule has 0 unspecified atom stereocenters. The lowest BCUT2D eigenvalue weighted by atomic mass is 10.0. The van der Waals surface area contributed by atoms with Crippen LogP contribution in [0.15, 0.2) is 0 Å². The summed E-state index contributed by atoms with van der Waals surface area (Å²) in [6.07, 6.45) is 0. The number of hydrogen-bond acceptors (Lipinski definition) is 5. The Kier molecular flexibility index (Phi) is 7.01. The first-order chi connectivity index (χ1) is 11.4. The molecule has 1 N–H and O–H groups in total. The van der Waals surface area contributed by atoms with E-state index in [9.17, 15) is 9.59 Å². The van der Waals surface area contributed by atoms with Crippen molar-refractivity contribution in [3.8, 4) is 0 Å². The van der Waals surface area contributed by atoms with E-state index in [1.807, 2.05) is 11.8 Å². The predicted octanol–water partition coefficient (Wildman–Crippen LogP) is -0.378. The average molecular weight is 340 g/mol. The molecule has 2 aliphatic rings. The molecule has 0 aromatic carbocycles. The summed E-state index contributed by atoms with van der Waals surface area (Å²) in [6.45, 7) is 12.2. The number of methoxy groups -OCH3 is 1. The van der Waals surface area contributed by atoms with Gasteiger partial charge in [0.1, 0.15) is 0 Å². The van der Waals surface area contributed by atoms with Crippen LogP contribution in [-0.2, 0) is 14.3 Å². The summed E-state index contributed by atoms with van der Waals surface area (Å²) in [5, 5.41) is 2.97. The Morgan fingerprint density at radius 1 is 1.21 bits per heavy atom. The van der Waals surface area contributed by atoms with Gasteiger partial charge in [0, 0.05) is 65.4 Å². The van der Waals surface area contributed by atoms with Crippen LogP contribution in [0, 0.1) is 5.92 Å². The molecule has 138 valence electrons. The molecule has 0 aromatic rings. The highest BCUT2D eigenvalue weighted by Gasteiger charge is 2.36. The van der Waals surface area contributed by atoms with Crippen molar-refractivity contribution in [2.45, 2.75) is 32.9 Å². The Morgan fingerprint density at radius 2 is 1.88 bits per heavy atom. The second-order valence-electron chi connectivity index (χ2n) is 7.20. The molecule has 2 aliphatic heterocycles. The molecule has 24 heavy (non-hydrogen) atoms. The molecule has 0 spiro atoms. The van der Waals surface area contributed by atoms with Crippen molar-refractivity contribution in [2.75, 3.05) is 59.5 Å². The van der Waals surface area contributed by atoms with Crippen molar-refractivity contribution in [3.05, 3.63) is 0 Å². The van der Waals surface area contributed by atoms with Crippen molar-refractivity contribution in [1.29, 1.82) is 0 Å². The van der Waals surface area contributed by atoms with E-state index < -0.39 is 0 Å². The minimum Gasteiger partial charge on any atom is -0.383 e. The first-order valence-electron chi connectivity index (χ1n) is 8.91. The van der Waals surface area contributed by atoms with Gasteiger partial charge in [-0.05, 0) is 12.8 Å². The number of likely N-dealkylation sites (tertiary alicyclic amines) is 1. The molecule has 0 aromatic heterocycles. The molecular weight excluding hydrogens is 308 g/mol. The van der Waals surface area contributed by atoms with Gasteiger partial charge >= 0.3 is 0 Å². The molecule has 2 heterocycles. The molecule has 2 fully saturated rings. The quantitative estimate of drug-likeness (QED) is 0.714. The van der Waals surface area contributed by atoms with Crippen molar-refractivity contribution in [2.24, 2.45) is 5.92 Å². The van der Waals surface area contributed by atoms with Crippen molar-refractivity contribution in [1.82, 2.24) is 20.0 Å². The monoisotopic (exact) mass is 340 g/mol. The summed E-state index contributed by atoms with van der Waals surface area (Å²) < 4.78 is 5.05. The first-order valence-corrected chi connectivity index (χ1v) is 8.91. The van der Waals surface area contributed by atoms with Gasteiger partial charge in [-0.1, -0.05) is 6.92 Å². The zero-order valence-electron chi connectivity index (χ0n) is 15.5. The standard InChI is InChI=1S/C17H32N4O3/c1-13-9-19(11-17(23)18-14(2)12-24-4)10-16(13)21-7-5-20(6-8-21)15(3)22/h13-14,16H,5-12H2,1-4H3,(H,18,23)/t13-,14+,16-/m1/s1. The van der Waals surface area contributed by atoms with E-state index in [4.69, 9.17) is 4.74 Å². The van der Waals surface area contributed by atoms with Gasteiger partial charge in [-0.15, -0.1) is 0 Å². The highest BCUT2D eigenvalue weighted by Crippen LogP contribution is 2.22. The molecule has 2 amide bonds. The van der Waals surface area contributed by atoms with Gasteiger partial charge in [0.15, 0.2) is 0 Å². The van der Waals surface area contributed by atoms with Crippen LogP contribution in [0.1, 0.15) is 20.8 Å². The Labute approximate surface area is 145 Å². The lowest BCUT2D eigenvalue weighted by Crippen LogP contribution is -2.53. The summed E-state index contributed by atoms with van der Waals surface area (Å²) in [6, 6.07) is 0.515. The number of carbonyl (C=O) groups excluding carboxylic acids is 2. The maximum Gasteiger partial charge on any atom is 0.234 e. The summed E-state index contributed by atoms with van der Waals surface area (Å²) in [5.74, 6) is 0.768. The number of ether oxygens (including phenoxy) is 1. The van der Waals surface area contributed by atoms with Crippen molar-refractivity contribution >= 4 is 11.8 Å². The third-order valence-corrected chi connectivity index (χ3v) is 5.07. The minimum atomic E-state index is 0.0398. The molecule has 0 bridgehead atoms. The van der Waals surface area contributed by atoms with E-state index in [0.29, 0.717) is 25.1 Å². The third kappa shape index (κ3) is 5.16. The zero-order valence-corrected chi connectivity index (χ0v) is 15.5. The number of amides is 2. The molecular formula is C17H32N4O3. The maximum atomic E-state index is 12.1. The fourth-order valence-corrected chi connectivity index (χ4v) is 3.84. The molecule has 0 aliphatic carbocycles. The number of carbonyl (C=O) groups is 2. The van der Waals surface area contributed by atoms with Gasteiger partial charge in [0.25, 0.3) is 0 Å². The van der Waals surface area contributed by atoms with Crippen molar-refractivity contribution < 1.29 is 14.3 Å². The Balaban J connectivity index is 1.78. The highest BCUT2D eigenvalue weighted by molar-refractivity contribution is 5.78. The molecule has 0 saturated carbocycles. The van der Waals surface area contributed by atoms with Crippen LogP contribution < -0.4 is 5.32 Å². The maximum absolute atomic E-state index is 12.1. The number of piperazine rings is 1. The van der Waals surface area contributed by atoms with Gasteiger partial charge in [0.2, 0.25) is 11.8 Å². The van der Waals surface area contributed by atoms with E-state index >= 15 is 0 Å². The van der Waals surface area contributed by atoms with E-state index in [1.54, 1.807) is 14.0 Å². The predicted molar refractivity (Wildman–Crippen MR) is 92.7 cm³/mol. The van der Waals surface area contributed by atoms with E-state index in [1.165, 1.54) is 0 Å². The summed E-state index contributed by atoms with van der Waals surface area (Å²) in [7, 11) is 1.64. The number of hydrogen-bond donors (Lipinski definition) is 1. The molecule has 7 heteroatoms. The first kappa shape index (κ1) is 19.1. The van der Waals surface area contributed by atoms with Crippen LogP contribution in [0.5, 0.6) is 0 Å². The topological polar surface area (TPSA) is 65.1 Å². The van der Waals surface area contributed by atoms with Crippen LogP contribution in [-0.4, -0.2) is 98.1 Å². The minimum absolute atomic E-state index is 0.0398. The van der Waals surface area contributed by atoms with E-state index in [0.717, 1.165) is 39.3 Å². The number of rotatable bonds is 6. The largest absolute Gasteiger partial charge is 0.383 e. The average Bonchev–Trinajstić information content (AvgIpc) is 2.87. The van der Waals surface area contributed by atoms with Gasteiger partial charge in [-0.25, -0.2) is 0 Å². The zero-order chi connectivity index (χ0) is 17.7. The van der Waals surface area contributed by atoms with Gasteiger partial charge in [-0.3, -0.25) is 19.4 Å². The molecule has 2 rings (SSSR count). The Bertz CT molecular complexity index is 438.